The summed E-state index contributed by atoms with van der Waals surface area (Å²) in [7, 11) is 1.78. The Bertz CT molecular complexity index is 636. The summed E-state index contributed by atoms with van der Waals surface area (Å²) in [6.45, 7) is 0.559. The molecule has 1 heterocycles. The zero-order valence-electron chi connectivity index (χ0n) is 13.4. The molecule has 1 amide bonds. The average Bonchev–Trinajstić information content (AvgIpc) is 3.09. The summed E-state index contributed by atoms with van der Waals surface area (Å²) in [5, 5.41) is 11.6. The van der Waals surface area contributed by atoms with Gasteiger partial charge in [-0.3, -0.25) is 4.79 Å². The lowest BCUT2D eigenvalue weighted by Gasteiger charge is -2.17. The van der Waals surface area contributed by atoms with Crippen molar-refractivity contribution < 1.29 is 4.79 Å². The van der Waals surface area contributed by atoms with Crippen LogP contribution in [0.15, 0.2) is 42.5 Å². The van der Waals surface area contributed by atoms with E-state index in [0.29, 0.717) is 18.3 Å². The lowest BCUT2D eigenvalue weighted by molar-refractivity contribution is 0.0778. The summed E-state index contributed by atoms with van der Waals surface area (Å²) in [6, 6.07) is 14.0. The highest BCUT2D eigenvalue weighted by atomic mass is 16.2. The number of carbonyl (C=O) groups excluding carboxylic acids is 1. The van der Waals surface area contributed by atoms with E-state index in [2.05, 4.69) is 15.5 Å². The van der Waals surface area contributed by atoms with E-state index in [1.54, 1.807) is 18.0 Å². The minimum Gasteiger partial charge on any atom is -0.366 e. The van der Waals surface area contributed by atoms with Crippen molar-refractivity contribution in [3.63, 3.8) is 0 Å². The Labute approximate surface area is 136 Å². The summed E-state index contributed by atoms with van der Waals surface area (Å²) < 4.78 is 0. The Morgan fingerprint density at radius 3 is 2.52 bits per heavy atom. The second kappa shape index (κ2) is 7.22. The molecule has 1 aliphatic carbocycles. The van der Waals surface area contributed by atoms with Crippen LogP contribution < -0.4 is 5.32 Å². The van der Waals surface area contributed by atoms with Gasteiger partial charge in [-0.1, -0.05) is 43.2 Å². The van der Waals surface area contributed by atoms with Gasteiger partial charge >= 0.3 is 0 Å². The van der Waals surface area contributed by atoms with E-state index in [1.807, 2.05) is 36.4 Å². The molecule has 0 aliphatic heterocycles. The SMILES string of the molecule is CN(Cc1ccccc1)C(=O)c1ccc(NC2CCCC2)nn1. The van der Waals surface area contributed by atoms with Gasteiger partial charge in [0.1, 0.15) is 5.82 Å². The van der Waals surface area contributed by atoms with Crippen LogP contribution >= 0.6 is 0 Å². The van der Waals surface area contributed by atoms with Gasteiger partial charge in [-0.15, -0.1) is 10.2 Å². The molecule has 0 spiro atoms. The molecular formula is C18H22N4O. The highest BCUT2D eigenvalue weighted by Crippen LogP contribution is 2.21. The van der Waals surface area contributed by atoms with Crippen LogP contribution in [-0.2, 0) is 6.54 Å². The van der Waals surface area contributed by atoms with E-state index in [1.165, 1.54) is 25.7 Å². The molecule has 23 heavy (non-hydrogen) atoms. The van der Waals surface area contributed by atoms with Crippen molar-refractivity contribution in [3.05, 3.63) is 53.7 Å². The predicted octanol–water partition coefficient (Wildman–Crippen LogP) is 3.10. The fourth-order valence-electron chi connectivity index (χ4n) is 2.93. The third-order valence-corrected chi connectivity index (χ3v) is 4.20. The molecule has 120 valence electrons. The highest BCUT2D eigenvalue weighted by Gasteiger charge is 2.17. The first-order valence-electron chi connectivity index (χ1n) is 8.12. The first-order valence-corrected chi connectivity index (χ1v) is 8.12. The van der Waals surface area contributed by atoms with E-state index in [0.717, 1.165) is 11.4 Å². The summed E-state index contributed by atoms with van der Waals surface area (Å²) in [5.41, 5.74) is 1.47. The van der Waals surface area contributed by atoms with Crippen molar-refractivity contribution in [2.24, 2.45) is 0 Å². The van der Waals surface area contributed by atoms with Gasteiger partial charge in [-0.25, -0.2) is 0 Å². The van der Waals surface area contributed by atoms with E-state index in [4.69, 9.17) is 0 Å². The monoisotopic (exact) mass is 310 g/mol. The Morgan fingerprint density at radius 2 is 1.87 bits per heavy atom. The van der Waals surface area contributed by atoms with Crippen LogP contribution in [0.2, 0.25) is 0 Å². The maximum Gasteiger partial charge on any atom is 0.274 e. The Morgan fingerprint density at radius 1 is 1.13 bits per heavy atom. The molecule has 0 bridgehead atoms. The lowest BCUT2D eigenvalue weighted by Crippen LogP contribution is -2.27. The topological polar surface area (TPSA) is 58.1 Å². The molecule has 5 nitrogen and oxygen atoms in total. The Kier molecular flexibility index (Phi) is 4.86. The zero-order valence-corrected chi connectivity index (χ0v) is 13.4. The van der Waals surface area contributed by atoms with Crippen LogP contribution in [0, 0.1) is 0 Å². The lowest BCUT2D eigenvalue weighted by atomic mass is 10.2. The molecule has 1 N–H and O–H groups in total. The van der Waals surface area contributed by atoms with Gasteiger partial charge in [0, 0.05) is 19.6 Å². The molecule has 5 heteroatoms. The number of aromatic nitrogens is 2. The third-order valence-electron chi connectivity index (χ3n) is 4.20. The second-order valence-electron chi connectivity index (χ2n) is 6.08. The first kappa shape index (κ1) is 15.5. The minimum atomic E-state index is -0.117. The number of nitrogens with one attached hydrogen (secondary N) is 1. The maximum absolute atomic E-state index is 12.4. The number of benzene rings is 1. The summed E-state index contributed by atoms with van der Waals surface area (Å²) in [5.74, 6) is 0.632. The third kappa shape index (κ3) is 4.06. The van der Waals surface area contributed by atoms with Gasteiger partial charge in [0.05, 0.1) is 0 Å². The number of anilines is 1. The van der Waals surface area contributed by atoms with Crippen molar-refractivity contribution in [3.8, 4) is 0 Å². The Hall–Kier alpha value is -2.43. The number of rotatable bonds is 5. The maximum atomic E-state index is 12.4. The van der Waals surface area contributed by atoms with Gasteiger partial charge in [0.15, 0.2) is 5.69 Å². The highest BCUT2D eigenvalue weighted by molar-refractivity contribution is 5.92. The predicted molar refractivity (Wildman–Crippen MR) is 90.2 cm³/mol. The molecule has 1 aliphatic rings. The number of carbonyl (C=O) groups is 1. The van der Waals surface area contributed by atoms with E-state index in [9.17, 15) is 4.79 Å². The van der Waals surface area contributed by atoms with Crippen molar-refractivity contribution >= 4 is 11.7 Å². The largest absolute Gasteiger partial charge is 0.366 e. The smallest absolute Gasteiger partial charge is 0.274 e. The van der Waals surface area contributed by atoms with Crippen LogP contribution in [0.3, 0.4) is 0 Å². The first-order chi connectivity index (χ1) is 11.2. The molecular weight excluding hydrogens is 288 g/mol. The van der Waals surface area contributed by atoms with Gasteiger partial charge < -0.3 is 10.2 Å². The summed E-state index contributed by atoms with van der Waals surface area (Å²) in [4.78, 5) is 14.1. The average molecular weight is 310 g/mol. The molecule has 2 aromatic rings. The molecule has 1 aromatic heterocycles. The van der Waals surface area contributed by atoms with Gasteiger partial charge in [0.25, 0.3) is 5.91 Å². The fraction of sp³-hybridized carbons (Fsp3) is 0.389. The number of amides is 1. The molecule has 0 saturated heterocycles. The minimum absolute atomic E-state index is 0.117. The van der Waals surface area contributed by atoms with E-state index >= 15 is 0 Å². The van der Waals surface area contributed by atoms with Crippen molar-refractivity contribution in [1.29, 1.82) is 0 Å². The molecule has 3 rings (SSSR count). The summed E-state index contributed by atoms with van der Waals surface area (Å²) >= 11 is 0. The van der Waals surface area contributed by atoms with Gasteiger partial charge in [-0.05, 0) is 30.5 Å². The molecule has 0 atom stereocenters. The van der Waals surface area contributed by atoms with Crippen LogP contribution in [-0.4, -0.2) is 34.1 Å². The molecule has 1 fully saturated rings. The van der Waals surface area contributed by atoms with Crippen molar-refractivity contribution in [2.75, 3.05) is 12.4 Å². The molecule has 1 aromatic carbocycles. The molecule has 0 unspecified atom stereocenters. The standard InChI is InChI=1S/C18H22N4O/c1-22(13-14-7-3-2-4-8-14)18(23)16-11-12-17(21-20-16)19-15-9-5-6-10-15/h2-4,7-8,11-12,15H,5-6,9-10,13H2,1H3,(H,19,21). The van der Waals surface area contributed by atoms with Crippen LogP contribution in [0.25, 0.3) is 0 Å². The Balaban J connectivity index is 1.60. The van der Waals surface area contributed by atoms with E-state index in [-0.39, 0.29) is 5.91 Å². The molecule has 0 radical (unpaired) electrons. The molecule has 1 saturated carbocycles. The van der Waals surface area contributed by atoms with Gasteiger partial charge in [-0.2, -0.15) is 0 Å². The van der Waals surface area contributed by atoms with Crippen LogP contribution in [0.5, 0.6) is 0 Å². The number of hydrogen-bond donors (Lipinski definition) is 1. The van der Waals surface area contributed by atoms with E-state index < -0.39 is 0 Å². The van der Waals surface area contributed by atoms with Gasteiger partial charge in [0.2, 0.25) is 0 Å². The fourth-order valence-corrected chi connectivity index (χ4v) is 2.93. The number of nitrogens with zero attached hydrogens (tertiary/aromatic N) is 3. The van der Waals surface area contributed by atoms with Crippen LogP contribution in [0.1, 0.15) is 41.7 Å². The second-order valence-corrected chi connectivity index (χ2v) is 6.08. The van der Waals surface area contributed by atoms with Crippen molar-refractivity contribution in [1.82, 2.24) is 15.1 Å². The van der Waals surface area contributed by atoms with Crippen LogP contribution in [0.4, 0.5) is 5.82 Å². The zero-order chi connectivity index (χ0) is 16.1. The normalized spacial score (nSPS) is 14.7. The van der Waals surface area contributed by atoms with Crippen molar-refractivity contribution in [2.45, 2.75) is 38.3 Å². The quantitative estimate of drug-likeness (QED) is 0.922. The summed E-state index contributed by atoms with van der Waals surface area (Å²) in [6.07, 6.45) is 4.91. The number of hydrogen-bond acceptors (Lipinski definition) is 4.